The number of aryl methyl sites for hydroxylation is 1. The molecule has 1 heterocycles. The highest BCUT2D eigenvalue weighted by Crippen LogP contribution is 2.18. The van der Waals surface area contributed by atoms with Gasteiger partial charge in [-0.15, -0.1) is 0 Å². The molecule has 2 aromatic carbocycles. The fourth-order valence-electron chi connectivity index (χ4n) is 3.21. The summed E-state index contributed by atoms with van der Waals surface area (Å²) in [7, 11) is 0. The van der Waals surface area contributed by atoms with Crippen molar-refractivity contribution < 1.29 is 4.79 Å². The average molecular weight is 323 g/mol. The van der Waals surface area contributed by atoms with Crippen molar-refractivity contribution >= 4 is 17.3 Å². The number of nitrogens with one attached hydrogen (secondary N) is 1. The fourth-order valence-corrected chi connectivity index (χ4v) is 3.21. The number of anilines is 2. The van der Waals surface area contributed by atoms with Crippen molar-refractivity contribution in [2.45, 2.75) is 32.7 Å². The van der Waals surface area contributed by atoms with E-state index < -0.39 is 0 Å². The number of carbonyl (C=O) groups is 1. The number of amides is 1. The zero-order valence-corrected chi connectivity index (χ0v) is 14.2. The van der Waals surface area contributed by atoms with Crippen LogP contribution in [0.3, 0.4) is 0 Å². The molecular weight excluding hydrogens is 298 g/mol. The lowest BCUT2D eigenvalue weighted by atomic mass is 10.1. The molecule has 4 heteroatoms. The van der Waals surface area contributed by atoms with E-state index in [-0.39, 0.29) is 5.91 Å². The van der Waals surface area contributed by atoms with Crippen LogP contribution in [0.1, 0.15) is 40.7 Å². The van der Waals surface area contributed by atoms with Crippen LogP contribution in [0.4, 0.5) is 11.4 Å². The second kappa shape index (κ2) is 7.49. The summed E-state index contributed by atoms with van der Waals surface area (Å²) >= 11 is 0. The largest absolute Gasteiger partial charge is 0.399 e. The third kappa shape index (κ3) is 4.15. The van der Waals surface area contributed by atoms with E-state index in [1.165, 1.54) is 37.9 Å². The molecule has 1 saturated heterocycles. The van der Waals surface area contributed by atoms with E-state index in [0.29, 0.717) is 11.3 Å². The molecule has 0 aromatic heterocycles. The maximum absolute atomic E-state index is 12.5. The molecule has 0 saturated carbocycles. The highest BCUT2D eigenvalue weighted by Gasteiger charge is 2.12. The van der Waals surface area contributed by atoms with Crippen molar-refractivity contribution in [3.05, 3.63) is 59.2 Å². The molecule has 0 spiro atoms. The minimum absolute atomic E-state index is 0.116. The molecule has 0 bridgehead atoms. The van der Waals surface area contributed by atoms with E-state index in [1.807, 2.05) is 31.2 Å². The van der Waals surface area contributed by atoms with E-state index in [1.54, 1.807) is 6.07 Å². The van der Waals surface area contributed by atoms with E-state index in [0.717, 1.165) is 17.8 Å². The summed E-state index contributed by atoms with van der Waals surface area (Å²) in [6.45, 7) is 5.19. The lowest BCUT2D eigenvalue weighted by molar-refractivity contribution is 0.102. The molecule has 4 nitrogen and oxygen atoms in total. The number of likely N-dealkylation sites (tertiary alicyclic amines) is 1. The van der Waals surface area contributed by atoms with Gasteiger partial charge in [0.2, 0.25) is 0 Å². The van der Waals surface area contributed by atoms with Crippen LogP contribution in [0, 0.1) is 6.92 Å². The second-order valence-corrected chi connectivity index (χ2v) is 6.57. The smallest absolute Gasteiger partial charge is 0.256 e. The third-order valence-electron chi connectivity index (χ3n) is 4.55. The van der Waals surface area contributed by atoms with Gasteiger partial charge in [-0.1, -0.05) is 24.6 Å². The van der Waals surface area contributed by atoms with Crippen LogP contribution < -0.4 is 11.1 Å². The molecular formula is C20H25N3O. The van der Waals surface area contributed by atoms with Crippen LogP contribution >= 0.6 is 0 Å². The summed E-state index contributed by atoms with van der Waals surface area (Å²) in [5.74, 6) is -0.116. The highest BCUT2D eigenvalue weighted by molar-refractivity contribution is 6.05. The van der Waals surface area contributed by atoms with Crippen LogP contribution in [0.5, 0.6) is 0 Å². The molecule has 0 aliphatic carbocycles. The summed E-state index contributed by atoms with van der Waals surface area (Å²) in [6, 6.07) is 13.5. The number of nitrogens with two attached hydrogens (primary N) is 1. The Hall–Kier alpha value is -2.33. The molecule has 126 valence electrons. The molecule has 3 rings (SSSR count). The lowest BCUT2D eigenvalue weighted by Gasteiger charge is -2.26. The Morgan fingerprint density at radius 3 is 2.71 bits per heavy atom. The molecule has 24 heavy (non-hydrogen) atoms. The zero-order chi connectivity index (χ0) is 16.9. The minimum atomic E-state index is -0.116. The Labute approximate surface area is 143 Å². The van der Waals surface area contributed by atoms with Crippen LogP contribution in [-0.4, -0.2) is 23.9 Å². The molecule has 0 unspecified atom stereocenters. The normalized spacial score (nSPS) is 15.2. The van der Waals surface area contributed by atoms with Crippen molar-refractivity contribution in [3.63, 3.8) is 0 Å². The van der Waals surface area contributed by atoms with Gasteiger partial charge >= 0.3 is 0 Å². The molecule has 3 N–H and O–H groups in total. The van der Waals surface area contributed by atoms with Crippen molar-refractivity contribution in [3.8, 4) is 0 Å². The number of piperidine rings is 1. The Kier molecular flexibility index (Phi) is 5.16. The van der Waals surface area contributed by atoms with Gasteiger partial charge in [-0.05, 0) is 68.2 Å². The highest BCUT2D eigenvalue weighted by atomic mass is 16.1. The zero-order valence-electron chi connectivity index (χ0n) is 14.2. The van der Waals surface area contributed by atoms with Gasteiger partial charge < -0.3 is 11.1 Å². The van der Waals surface area contributed by atoms with Gasteiger partial charge in [0, 0.05) is 23.5 Å². The minimum Gasteiger partial charge on any atom is -0.399 e. The predicted octanol–water partition coefficient (Wildman–Crippen LogP) is 3.82. The monoisotopic (exact) mass is 323 g/mol. The standard InChI is InChI=1S/C20H25N3O/c1-15-8-9-17(21)13-19(15)20(24)22-18-7-5-6-16(12-18)14-23-10-3-2-4-11-23/h5-9,12-13H,2-4,10-11,14,21H2,1H3,(H,22,24). The molecule has 1 aliphatic rings. The van der Waals surface area contributed by atoms with Crippen molar-refractivity contribution in [1.29, 1.82) is 0 Å². The van der Waals surface area contributed by atoms with Gasteiger partial charge in [-0.25, -0.2) is 0 Å². The SMILES string of the molecule is Cc1ccc(N)cc1C(=O)Nc1cccc(CN2CCCCC2)c1. The van der Waals surface area contributed by atoms with Crippen LogP contribution in [0.2, 0.25) is 0 Å². The van der Waals surface area contributed by atoms with E-state index in [2.05, 4.69) is 22.3 Å². The topological polar surface area (TPSA) is 58.4 Å². The lowest BCUT2D eigenvalue weighted by Crippen LogP contribution is -2.29. The Morgan fingerprint density at radius 1 is 1.12 bits per heavy atom. The van der Waals surface area contributed by atoms with Crippen molar-refractivity contribution in [1.82, 2.24) is 4.90 Å². The second-order valence-electron chi connectivity index (χ2n) is 6.57. The van der Waals surface area contributed by atoms with Crippen molar-refractivity contribution in [2.24, 2.45) is 0 Å². The number of benzene rings is 2. The number of carbonyl (C=O) groups excluding carboxylic acids is 1. The Morgan fingerprint density at radius 2 is 1.92 bits per heavy atom. The quantitative estimate of drug-likeness (QED) is 0.841. The first-order valence-electron chi connectivity index (χ1n) is 8.60. The van der Waals surface area contributed by atoms with E-state index in [9.17, 15) is 4.79 Å². The summed E-state index contributed by atoms with van der Waals surface area (Å²) in [5.41, 5.74) is 10.0. The molecule has 0 radical (unpaired) electrons. The molecule has 1 amide bonds. The summed E-state index contributed by atoms with van der Waals surface area (Å²) < 4.78 is 0. The van der Waals surface area contributed by atoms with Gasteiger partial charge in [0.05, 0.1) is 0 Å². The summed E-state index contributed by atoms with van der Waals surface area (Å²) in [4.78, 5) is 15.0. The number of rotatable bonds is 4. The fraction of sp³-hybridized carbons (Fsp3) is 0.350. The number of nitrogens with zero attached hydrogens (tertiary/aromatic N) is 1. The Balaban J connectivity index is 1.69. The molecule has 0 atom stereocenters. The Bertz CT molecular complexity index is 721. The first kappa shape index (κ1) is 16.5. The molecule has 1 aliphatic heterocycles. The maximum atomic E-state index is 12.5. The third-order valence-corrected chi connectivity index (χ3v) is 4.55. The van der Waals surface area contributed by atoms with E-state index >= 15 is 0 Å². The van der Waals surface area contributed by atoms with Crippen LogP contribution in [-0.2, 0) is 6.54 Å². The maximum Gasteiger partial charge on any atom is 0.256 e. The van der Waals surface area contributed by atoms with Crippen LogP contribution in [0.15, 0.2) is 42.5 Å². The number of nitrogen functional groups attached to an aromatic ring is 1. The summed E-state index contributed by atoms with van der Waals surface area (Å²) in [6.07, 6.45) is 3.91. The summed E-state index contributed by atoms with van der Waals surface area (Å²) in [5, 5.41) is 2.99. The van der Waals surface area contributed by atoms with Gasteiger partial charge in [0.25, 0.3) is 5.91 Å². The first-order chi connectivity index (χ1) is 11.6. The van der Waals surface area contributed by atoms with E-state index in [4.69, 9.17) is 5.73 Å². The van der Waals surface area contributed by atoms with Crippen LogP contribution in [0.25, 0.3) is 0 Å². The number of hydrogen-bond acceptors (Lipinski definition) is 3. The van der Waals surface area contributed by atoms with Gasteiger partial charge in [-0.3, -0.25) is 9.69 Å². The molecule has 1 fully saturated rings. The average Bonchev–Trinajstić information content (AvgIpc) is 2.58. The van der Waals surface area contributed by atoms with Gasteiger partial charge in [0.1, 0.15) is 0 Å². The first-order valence-corrected chi connectivity index (χ1v) is 8.60. The number of hydrogen-bond donors (Lipinski definition) is 2. The molecule has 2 aromatic rings. The van der Waals surface area contributed by atoms with Crippen molar-refractivity contribution in [2.75, 3.05) is 24.1 Å². The van der Waals surface area contributed by atoms with Gasteiger partial charge in [0.15, 0.2) is 0 Å². The van der Waals surface area contributed by atoms with Gasteiger partial charge in [-0.2, -0.15) is 0 Å². The predicted molar refractivity (Wildman–Crippen MR) is 99.1 cm³/mol.